The molecule has 7 nitrogen and oxygen atoms in total. The van der Waals surface area contributed by atoms with Gasteiger partial charge in [0.05, 0.1) is 30.0 Å². The van der Waals surface area contributed by atoms with Gasteiger partial charge in [-0.25, -0.2) is 0 Å². The van der Waals surface area contributed by atoms with Gasteiger partial charge in [-0.05, 0) is 42.5 Å². The third kappa shape index (κ3) is 3.96. The second kappa shape index (κ2) is 7.20. The van der Waals surface area contributed by atoms with Crippen molar-refractivity contribution in [1.29, 1.82) is 0 Å². The number of benzene rings is 1. The topological polar surface area (TPSA) is 68.1 Å². The molecule has 1 saturated heterocycles. The molecule has 1 fully saturated rings. The smallest absolute Gasteiger partial charge is 0.388 e. The van der Waals surface area contributed by atoms with Gasteiger partial charge in [-0.3, -0.25) is 4.90 Å². The molecular formula is C16H21F3N6O. The molecule has 142 valence electrons. The number of morpholine rings is 1. The van der Waals surface area contributed by atoms with E-state index in [4.69, 9.17) is 4.74 Å². The number of alkyl halides is 3. The fraction of sp³-hybridized carbons (Fsp3) is 0.562. The van der Waals surface area contributed by atoms with Crippen LogP contribution < -0.4 is 5.32 Å². The number of nitrogens with zero attached hydrogens (tertiary/aromatic N) is 5. The Balaban J connectivity index is 1.89. The summed E-state index contributed by atoms with van der Waals surface area (Å²) in [5, 5.41) is 14.1. The minimum absolute atomic E-state index is 0.00621. The van der Waals surface area contributed by atoms with E-state index in [2.05, 4.69) is 25.7 Å². The number of ether oxygens (including phenoxy) is 1. The zero-order valence-electron chi connectivity index (χ0n) is 14.8. The van der Waals surface area contributed by atoms with Gasteiger partial charge in [-0.15, -0.1) is 5.10 Å². The Hall–Kier alpha value is -2.20. The van der Waals surface area contributed by atoms with Crippen molar-refractivity contribution in [3.8, 4) is 5.69 Å². The predicted octanol–water partition coefficient (Wildman–Crippen LogP) is 2.33. The second-order valence-corrected chi connectivity index (χ2v) is 6.44. The van der Waals surface area contributed by atoms with Crippen LogP contribution in [0.3, 0.4) is 0 Å². The molecule has 0 aliphatic carbocycles. The van der Waals surface area contributed by atoms with Crippen LogP contribution in [0.2, 0.25) is 0 Å². The second-order valence-electron chi connectivity index (χ2n) is 6.44. The van der Waals surface area contributed by atoms with Crippen LogP contribution in [-0.4, -0.2) is 57.5 Å². The zero-order chi connectivity index (χ0) is 18.9. The van der Waals surface area contributed by atoms with Crippen molar-refractivity contribution < 1.29 is 17.9 Å². The van der Waals surface area contributed by atoms with E-state index in [1.165, 1.54) is 17.8 Å². The van der Waals surface area contributed by atoms with Crippen LogP contribution in [0.5, 0.6) is 0 Å². The molecule has 0 unspecified atom stereocenters. The lowest BCUT2D eigenvalue weighted by Crippen LogP contribution is -2.45. The highest BCUT2D eigenvalue weighted by Gasteiger charge is 2.34. The summed E-state index contributed by atoms with van der Waals surface area (Å²) >= 11 is 0. The lowest BCUT2D eigenvalue weighted by atomic mass is 10.1. The van der Waals surface area contributed by atoms with Crippen molar-refractivity contribution in [2.75, 3.05) is 25.5 Å². The van der Waals surface area contributed by atoms with Gasteiger partial charge in [0.25, 0.3) is 0 Å². The van der Waals surface area contributed by atoms with Gasteiger partial charge in [-0.2, -0.15) is 17.9 Å². The molecule has 0 bridgehead atoms. The highest BCUT2D eigenvalue weighted by molar-refractivity contribution is 5.56. The summed E-state index contributed by atoms with van der Waals surface area (Å²) < 4.78 is 46.9. The molecule has 2 aromatic rings. The lowest BCUT2D eigenvalue weighted by Gasteiger charge is -2.34. The minimum Gasteiger partial charge on any atom is -0.388 e. The highest BCUT2D eigenvalue weighted by Crippen LogP contribution is 2.36. The van der Waals surface area contributed by atoms with Crippen molar-refractivity contribution in [3.63, 3.8) is 0 Å². The summed E-state index contributed by atoms with van der Waals surface area (Å²) in [6.07, 6.45) is -4.32. The van der Waals surface area contributed by atoms with Crippen molar-refractivity contribution in [2.24, 2.45) is 0 Å². The Bertz CT molecular complexity index is 753. The van der Waals surface area contributed by atoms with Gasteiger partial charge in [0.1, 0.15) is 0 Å². The highest BCUT2D eigenvalue weighted by atomic mass is 19.4. The molecule has 26 heavy (non-hydrogen) atoms. The summed E-state index contributed by atoms with van der Waals surface area (Å²) in [7, 11) is 1.45. The predicted molar refractivity (Wildman–Crippen MR) is 89.0 cm³/mol. The molecule has 1 N–H and O–H groups in total. The van der Waals surface area contributed by atoms with Crippen molar-refractivity contribution in [1.82, 2.24) is 25.1 Å². The Morgan fingerprint density at radius 3 is 2.54 bits per heavy atom. The summed E-state index contributed by atoms with van der Waals surface area (Å²) in [6.45, 7) is 5.82. The number of hydrogen-bond donors (Lipinski definition) is 1. The molecule has 1 aliphatic rings. The Kier molecular flexibility index (Phi) is 5.15. The van der Waals surface area contributed by atoms with Crippen LogP contribution in [-0.2, 0) is 17.5 Å². The SMILES string of the molecule is CNc1ccc(-n2nnnc2CN2C[C@@H](C)O[C@@H](C)C2)cc1C(F)(F)F. The lowest BCUT2D eigenvalue weighted by molar-refractivity contribution is -0.136. The van der Waals surface area contributed by atoms with Crippen LogP contribution in [0, 0.1) is 0 Å². The van der Waals surface area contributed by atoms with E-state index in [9.17, 15) is 13.2 Å². The maximum Gasteiger partial charge on any atom is 0.418 e. The monoisotopic (exact) mass is 370 g/mol. The van der Waals surface area contributed by atoms with Crippen molar-refractivity contribution in [2.45, 2.75) is 38.8 Å². The Labute approximate surface area is 149 Å². The summed E-state index contributed by atoms with van der Waals surface area (Å²) in [5.41, 5.74) is -0.482. The number of rotatable bonds is 4. The molecule has 2 atom stereocenters. The van der Waals surface area contributed by atoms with E-state index in [1.54, 1.807) is 6.07 Å². The normalized spacial score (nSPS) is 21.8. The molecule has 1 aliphatic heterocycles. The van der Waals surface area contributed by atoms with E-state index < -0.39 is 11.7 Å². The number of nitrogens with one attached hydrogen (secondary N) is 1. The van der Waals surface area contributed by atoms with Gasteiger partial charge in [-0.1, -0.05) is 0 Å². The quantitative estimate of drug-likeness (QED) is 0.891. The fourth-order valence-corrected chi connectivity index (χ4v) is 3.23. The first kappa shape index (κ1) is 18.6. The maximum atomic E-state index is 13.3. The molecule has 1 aromatic carbocycles. The fourth-order valence-electron chi connectivity index (χ4n) is 3.23. The third-order valence-electron chi connectivity index (χ3n) is 4.22. The molecule has 0 amide bonds. The molecular weight excluding hydrogens is 349 g/mol. The largest absolute Gasteiger partial charge is 0.418 e. The van der Waals surface area contributed by atoms with Crippen molar-refractivity contribution >= 4 is 5.69 Å². The Morgan fingerprint density at radius 1 is 1.23 bits per heavy atom. The molecule has 2 heterocycles. The van der Waals surface area contributed by atoms with E-state index in [-0.39, 0.29) is 23.6 Å². The van der Waals surface area contributed by atoms with E-state index >= 15 is 0 Å². The summed E-state index contributed by atoms with van der Waals surface area (Å²) in [6, 6.07) is 3.99. The van der Waals surface area contributed by atoms with Crippen LogP contribution in [0.1, 0.15) is 25.2 Å². The van der Waals surface area contributed by atoms with Crippen LogP contribution in [0.15, 0.2) is 18.2 Å². The third-order valence-corrected chi connectivity index (χ3v) is 4.22. The molecule has 10 heteroatoms. The van der Waals surface area contributed by atoms with E-state index in [0.717, 1.165) is 6.07 Å². The minimum atomic E-state index is -4.47. The first-order chi connectivity index (χ1) is 12.3. The molecule has 3 rings (SSSR count). The van der Waals surface area contributed by atoms with Gasteiger partial charge >= 0.3 is 6.18 Å². The van der Waals surface area contributed by atoms with Gasteiger partial charge in [0.15, 0.2) is 5.82 Å². The number of hydrogen-bond acceptors (Lipinski definition) is 6. The maximum absolute atomic E-state index is 13.3. The molecule has 0 saturated carbocycles. The van der Waals surface area contributed by atoms with Gasteiger partial charge < -0.3 is 10.1 Å². The summed E-state index contributed by atoms with van der Waals surface area (Å²) in [4.78, 5) is 2.13. The van der Waals surface area contributed by atoms with E-state index in [1.807, 2.05) is 13.8 Å². The number of anilines is 1. The zero-order valence-corrected chi connectivity index (χ0v) is 14.8. The van der Waals surface area contributed by atoms with Gasteiger partial charge in [0, 0.05) is 25.8 Å². The molecule has 1 aromatic heterocycles. The van der Waals surface area contributed by atoms with Crippen LogP contribution in [0.25, 0.3) is 5.69 Å². The average Bonchev–Trinajstić information content (AvgIpc) is 3.00. The molecule has 0 spiro atoms. The van der Waals surface area contributed by atoms with Crippen LogP contribution in [0.4, 0.5) is 18.9 Å². The van der Waals surface area contributed by atoms with Crippen molar-refractivity contribution in [3.05, 3.63) is 29.6 Å². The average molecular weight is 370 g/mol. The number of halogens is 3. The van der Waals surface area contributed by atoms with Crippen LogP contribution >= 0.6 is 0 Å². The first-order valence-electron chi connectivity index (χ1n) is 8.32. The molecule has 0 radical (unpaired) electrons. The summed E-state index contributed by atoms with van der Waals surface area (Å²) in [5.74, 6) is 0.483. The Morgan fingerprint density at radius 2 is 1.92 bits per heavy atom. The standard InChI is InChI=1S/C16H21F3N6O/c1-10-7-24(8-11(2)26-10)9-15-21-22-23-25(15)12-4-5-14(20-3)13(6-12)16(17,18)19/h4-6,10-11,20H,7-9H2,1-3H3/t10-,11+. The first-order valence-corrected chi connectivity index (χ1v) is 8.32. The number of aromatic nitrogens is 4. The van der Waals surface area contributed by atoms with E-state index in [0.29, 0.717) is 25.5 Å². The number of tetrazole rings is 1. The van der Waals surface area contributed by atoms with Gasteiger partial charge in [0.2, 0.25) is 0 Å².